The summed E-state index contributed by atoms with van der Waals surface area (Å²) in [6.07, 6.45) is 4.59. The van der Waals surface area contributed by atoms with Gasteiger partial charge in [0.15, 0.2) is 0 Å². The van der Waals surface area contributed by atoms with Crippen molar-refractivity contribution >= 4 is 22.7 Å². The van der Waals surface area contributed by atoms with Crippen molar-refractivity contribution in [1.82, 2.24) is 5.32 Å². The highest BCUT2D eigenvalue weighted by Crippen LogP contribution is 2.29. The Morgan fingerprint density at radius 2 is 1.95 bits per heavy atom. The van der Waals surface area contributed by atoms with Crippen molar-refractivity contribution in [3.8, 4) is 0 Å². The van der Waals surface area contributed by atoms with Gasteiger partial charge in [0, 0.05) is 16.7 Å². The van der Waals surface area contributed by atoms with Gasteiger partial charge in [-0.1, -0.05) is 32.0 Å². The third-order valence-corrected chi connectivity index (χ3v) is 5.53. The number of para-hydroxylation sites is 1. The van der Waals surface area contributed by atoms with E-state index < -0.39 is 0 Å². The lowest BCUT2D eigenvalue weighted by molar-refractivity contribution is 0.461. The largest absolute Gasteiger partial charge is 0.460 e. The lowest BCUT2D eigenvalue weighted by atomic mass is 10.0. The van der Waals surface area contributed by atoms with E-state index in [4.69, 9.17) is 4.42 Å². The van der Waals surface area contributed by atoms with E-state index in [9.17, 15) is 0 Å². The van der Waals surface area contributed by atoms with Crippen LogP contribution in [0.1, 0.15) is 32.4 Å². The molecular weight excluding hydrogens is 254 g/mol. The fraction of sp³-hybridized carbons (Fsp3) is 0.500. The Kier molecular flexibility index (Phi) is 4.94. The molecule has 0 aliphatic heterocycles. The van der Waals surface area contributed by atoms with Crippen LogP contribution < -0.4 is 5.32 Å². The van der Waals surface area contributed by atoms with Crippen LogP contribution in [-0.4, -0.2) is 17.5 Å². The van der Waals surface area contributed by atoms with Crippen molar-refractivity contribution in [2.45, 2.75) is 38.0 Å². The summed E-state index contributed by atoms with van der Waals surface area (Å²) in [5, 5.41) is 4.72. The number of rotatable bonds is 7. The molecule has 0 amide bonds. The van der Waals surface area contributed by atoms with Gasteiger partial charge in [-0.2, -0.15) is 11.8 Å². The number of furan rings is 1. The second-order valence-corrected chi connectivity index (χ2v) is 6.22. The number of benzene rings is 1. The van der Waals surface area contributed by atoms with Gasteiger partial charge in [-0.05, 0) is 31.2 Å². The van der Waals surface area contributed by atoms with Crippen LogP contribution in [0.4, 0.5) is 0 Å². The molecule has 0 unspecified atom stereocenters. The topological polar surface area (TPSA) is 25.2 Å². The maximum absolute atomic E-state index is 5.81. The van der Waals surface area contributed by atoms with Crippen molar-refractivity contribution in [2.24, 2.45) is 0 Å². The standard InChI is InChI=1S/C16H23NOS/c1-4-16(5-2,19-3)12-17-11-14-10-13-8-6-7-9-15(13)18-14/h6-10,17H,4-5,11-12H2,1-3H3. The van der Waals surface area contributed by atoms with Crippen LogP contribution in [0, 0.1) is 0 Å². The molecular formula is C16H23NOS. The van der Waals surface area contributed by atoms with Crippen LogP contribution in [0.15, 0.2) is 34.7 Å². The maximum Gasteiger partial charge on any atom is 0.134 e. The van der Waals surface area contributed by atoms with Crippen LogP contribution in [0.5, 0.6) is 0 Å². The molecule has 1 heterocycles. The normalized spacial score (nSPS) is 12.2. The molecule has 0 aliphatic carbocycles. The molecule has 3 heteroatoms. The number of fused-ring (bicyclic) bond motifs is 1. The zero-order chi connectivity index (χ0) is 13.7. The first-order valence-electron chi connectivity index (χ1n) is 6.96. The summed E-state index contributed by atoms with van der Waals surface area (Å²) in [5.74, 6) is 1.02. The molecule has 0 saturated carbocycles. The molecule has 1 N–H and O–H groups in total. The summed E-state index contributed by atoms with van der Waals surface area (Å²) in [6, 6.07) is 10.3. The summed E-state index contributed by atoms with van der Waals surface area (Å²) >= 11 is 1.96. The predicted molar refractivity (Wildman–Crippen MR) is 84.7 cm³/mol. The van der Waals surface area contributed by atoms with Crippen LogP contribution in [0.2, 0.25) is 0 Å². The van der Waals surface area contributed by atoms with Crippen LogP contribution >= 0.6 is 11.8 Å². The number of thioether (sulfide) groups is 1. The first-order valence-corrected chi connectivity index (χ1v) is 8.19. The van der Waals surface area contributed by atoms with Crippen molar-refractivity contribution in [3.63, 3.8) is 0 Å². The van der Waals surface area contributed by atoms with Gasteiger partial charge in [-0.3, -0.25) is 0 Å². The molecule has 1 aromatic heterocycles. The zero-order valence-corrected chi connectivity index (χ0v) is 12.8. The second-order valence-electron chi connectivity index (χ2n) is 4.95. The first-order chi connectivity index (χ1) is 9.23. The minimum atomic E-state index is 0.353. The molecule has 104 valence electrons. The van der Waals surface area contributed by atoms with Gasteiger partial charge in [0.05, 0.1) is 6.54 Å². The average Bonchev–Trinajstić information content (AvgIpc) is 2.87. The summed E-state index contributed by atoms with van der Waals surface area (Å²) in [7, 11) is 0. The van der Waals surface area contributed by atoms with Crippen molar-refractivity contribution in [2.75, 3.05) is 12.8 Å². The van der Waals surface area contributed by atoms with Crippen LogP contribution in [0.25, 0.3) is 11.0 Å². The molecule has 0 radical (unpaired) electrons. The molecule has 1 aromatic carbocycles. The summed E-state index contributed by atoms with van der Waals surface area (Å²) in [5.41, 5.74) is 0.974. The van der Waals surface area contributed by atoms with E-state index in [2.05, 4.69) is 37.6 Å². The van der Waals surface area contributed by atoms with Crippen LogP contribution in [0.3, 0.4) is 0 Å². The number of hydrogen-bond acceptors (Lipinski definition) is 3. The highest BCUT2D eigenvalue weighted by atomic mass is 32.2. The van der Waals surface area contributed by atoms with Gasteiger partial charge in [-0.25, -0.2) is 0 Å². The average molecular weight is 277 g/mol. The van der Waals surface area contributed by atoms with E-state index in [0.717, 1.165) is 24.4 Å². The Morgan fingerprint density at radius 1 is 1.21 bits per heavy atom. The molecule has 0 aliphatic rings. The second kappa shape index (κ2) is 6.49. The van der Waals surface area contributed by atoms with Crippen molar-refractivity contribution < 1.29 is 4.42 Å². The lowest BCUT2D eigenvalue weighted by Crippen LogP contribution is -2.36. The molecule has 2 nitrogen and oxygen atoms in total. The van der Waals surface area contributed by atoms with Gasteiger partial charge >= 0.3 is 0 Å². The molecule has 0 atom stereocenters. The quantitative estimate of drug-likeness (QED) is 0.809. The summed E-state index contributed by atoms with van der Waals surface area (Å²) < 4.78 is 6.17. The zero-order valence-electron chi connectivity index (χ0n) is 12.0. The van der Waals surface area contributed by atoms with E-state index in [1.165, 1.54) is 18.2 Å². The smallest absolute Gasteiger partial charge is 0.134 e. The lowest BCUT2D eigenvalue weighted by Gasteiger charge is -2.29. The molecule has 0 fully saturated rings. The van der Waals surface area contributed by atoms with Gasteiger partial charge in [0.25, 0.3) is 0 Å². The van der Waals surface area contributed by atoms with Crippen LogP contribution in [-0.2, 0) is 6.54 Å². The molecule has 2 aromatic rings. The first kappa shape index (κ1) is 14.5. The third kappa shape index (κ3) is 3.34. The van der Waals surface area contributed by atoms with Gasteiger partial charge in [0.2, 0.25) is 0 Å². The monoisotopic (exact) mass is 277 g/mol. The Morgan fingerprint density at radius 3 is 2.58 bits per heavy atom. The minimum Gasteiger partial charge on any atom is -0.460 e. The fourth-order valence-electron chi connectivity index (χ4n) is 2.40. The van der Waals surface area contributed by atoms with Crippen molar-refractivity contribution in [1.29, 1.82) is 0 Å². The highest BCUT2D eigenvalue weighted by Gasteiger charge is 2.24. The van der Waals surface area contributed by atoms with E-state index in [1.807, 2.05) is 30.0 Å². The molecule has 0 saturated heterocycles. The molecule has 2 rings (SSSR count). The van der Waals surface area contributed by atoms with E-state index in [-0.39, 0.29) is 0 Å². The Balaban J connectivity index is 1.95. The minimum absolute atomic E-state index is 0.353. The number of nitrogens with one attached hydrogen (secondary N) is 1. The van der Waals surface area contributed by atoms with Gasteiger partial charge < -0.3 is 9.73 Å². The molecule has 0 bridgehead atoms. The Bertz CT molecular complexity index is 475. The van der Waals surface area contributed by atoms with Crippen molar-refractivity contribution in [3.05, 3.63) is 36.1 Å². The SMILES string of the molecule is CCC(CC)(CNCc1cc2ccccc2o1)SC. The predicted octanol–water partition coefficient (Wildman–Crippen LogP) is 4.44. The third-order valence-electron chi connectivity index (χ3n) is 3.94. The fourth-order valence-corrected chi connectivity index (χ4v) is 3.22. The maximum atomic E-state index is 5.81. The Labute approximate surface area is 119 Å². The summed E-state index contributed by atoms with van der Waals surface area (Å²) in [6.45, 7) is 6.36. The molecule has 0 spiro atoms. The van der Waals surface area contributed by atoms with E-state index >= 15 is 0 Å². The Hall–Kier alpha value is -0.930. The van der Waals surface area contributed by atoms with Gasteiger partial charge in [0.1, 0.15) is 11.3 Å². The molecule has 19 heavy (non-hydrogen) atoms. The van der Waals surface area contributed by atoms with Gasteiger partial charge in [-0.15, -0.1) is 0 Å². The van der Waals surface area contributed by atoms with E-state index in [1.54, 1.807) is 0 Å². The number of hydrogen-bond donors (Lipinski definition) is 1. The highest BCUT2D eigenvalue weighted by molar-refractivity contribution is 8.00. The summed E-state index contributed by atoms with van der Waals surface area (Å²) in [4.78, 5) is 0. The van der Waals surface area contributed by atoms with E-state index in [0.29, 0.717) is 4.75 Å².